The van der Waals surface area contributed by atoms with Gasteiger partial charge in [-0.25, -0.2) is 14.4 Å². The lowest BCUT2D eigenvalue weighted by atomic mass is 9.72. The lowest BCUT2D eigenvalue weighted by Gasteiger charge is -2.35. The summed E-state index contributed by atoms with van der Waals surface area (Å²) in [4.78, 5) is 78.4. The van der Waals surface area contributed by atoms with Crippen LogP contribution in [-0.4, -0.2) is 95.3 Å². The van der Waals surface area contributed by atoms with Crippen LogP contribution in [0.5, 0.6) is 17.2 Å². The number of hydrogen-bond acceptors (Lipinski definition) is 15. The van der Waals surface area contributed by atoms with Gasteiger partial charge in [-0.1, -0.05) is 76.2 Å². The molecule has 18 nitrogen and oxygen atoms in total. The second-order valence-electron chi connectivity index (χ2n) is 20.9. The van der Waals surface area contributed by atoms with E-state index in [1.54, 1.807) is 0 Å². The first-order chi connectivity index (χ1) is 34.5. The van der Waals surface area contributed by atoms with Crippen LogP contribution in [0.4, 0.5) is 14.4 Å². The van der Waals surface area contributed by atoms with E-state index < -0.39 is 24.2 Å². The summed E-state index contributed by atoms with van der Waals surface area (Å²) in [6, 6.07) is 2.77. The molecule has 1 aromatic carbocycles. The smallest absolute Gasteiger partial charge is 0.412 e. The van der Waals surface area contributed by atoms with E-state index in [1.165, 1.54) is 12.1 Å². The molecule has 9 N–H and O–H groups in total. The van der Waals surface area contributed by atoms with Crippen LogP contribution >= 0.6 is 0 Å². The van der Waals surface area contributed by atoms with E-state index in [4.69, 9.17) is 45.6 Å². The molecule has 2 saturated carbocycles. The van der Waals surface area contributed by atoms with Gasteiger partial charge in [-0.2, -0.15) is 0 Å². The first-order valence-electron chi connectivity index (χ1n) is 26.4. The highest BCUT2D eigenvalue weighted by Crippen LogP contribution is 2.48. The Bertz CT molecular complexity index is 1980. The SMILES string of the molecule is C=C(C)[C@@H]1CCC(C)=C[C@H]1c1c(OC(=O)NCCCOC(=O)C[C@@H](CN)CC(C)C)cc(OC(=O)NCCCOC(=O)CC2(CN)CCCCC2)cc1OC(=O)NCCCOC(=O)CC1(CN)CCCCC1. The first-order valence-corrected chi connectivity index (χ1v) is 26.4. The molecule has 3 aliphatic rings. The summed E-state index contributed by atoms with van der Waals surface area (Å²) in [6.45, 7) is 14.1. The standard InChI is InChI=1S/C54H86N6O12/c1-37(2)27-40(34-55)29-46(61)67-24-12-22-59-51(65)71-44-30-41(70-50(64)58-21-13-25-68-47(62)32-53(35-56)17-8-6-9-18-53)31-45(49(44)43-28-39(5)15-16-42(43)38(3)4)72-52(66)60-23-14-26-69-48(63)33-54(36-57)19-10-7-11-20-54/h28,30-31,37,40,42-43H,3,6-27,29,32-36,55-57H2,1-2,4-5H3,(H,58,64)(H,59,65)(H,60,66)/t40-,42-,43+/m0/s1. The Kier molecular flexibility index (Phi) is 25.3. The maximum absolute atomic E-state index is 13.6. The Morgan fingerprint density at radius 2 is 1.12 bits per heavy atom. The van der Waals surface area contributed by atoms with Crippen molar-refractivity contribution in [3.05, 3.63) is 41.5 Å². The predicted octanol–water partition coefficient (Wildman–Crippen LogP) is 8.38. The molecule has 0 spiro atoms. The molecule has 3 atom stereocenters. The zero-order valence-electron chi connectivity index (χ0n) is 43.7. The molecule has 18 heteroatoms. The third-order valence-electron chi connectivity index (χ3n) is 14.3. The number of hydrogen-bond donors (Lipinski definition) is 6. The average Bonchev–Trinajstić information content (AvgIpc) is 3.33. The molecule has 0 aliphatic heterocycles. The number of allylic oxidation sites excluding steroid dienone is 3. The number of ether oxygens (including phenoxy) is 6. The van der Waals surface area contributed by atoms with Crippen LogP contribution in [0.3, 0.4) is 0 Å². The van der Waals surface area contributed by atoms with Gasteiger partial charge in [-0.3, -0.25) is 14.4 Å². The van der Waals surface area contributed by atoms with Gasteiger partial charge in [0, 0.05) is 49.7 Å². The van der Waals surface area contributed by atoms with Crippen LogP contribution in [0.2, 0.25) is 0 Å². The lowest BCUT2D eigenvalue weighted by molar-refractivity contribution is -0.148. The fourth-order valence-corrected chi connectivity index (χ4v) is 10.2. The summed E-state index contributed by atoms with van der Waals surface area (Å²) >= 11 is 0. The molecule has 72 heavy (non-hydrogen) atoms. The second-order valence-corrected chi connectivity index (χ2v) is 20.9. The van der Waals surface area contributed by atoms with Crippen molar-refractivity contribution >= 4 is 36.2 Å². The normalized spacial score (nSPS) is 18.6. The van der Waals surface area contributed by atoms with E-state index >= 15 is 0 Å². The van der Waals surface area contributed by atoms with Gasteiger partial charge >= 0.3 is 36.2 Å². The summed E-state index contributed by atoms with van der Waals surface area (Å²) in [5.41, 5.74) is 19.8. The van der Waals surface area contributed by atoms with Crippen LogP contribution in [0, 0.1) is 28.6 Å². The van der Waals surface area contributed by atoms with E-state index in [0.717, 1.165) is 94.6 Å². The van der Waals surface area contributed by atoms with Gasteiger partial charge in [0.1, 0.15) is 17.2 Å². The molecule has 2 fully saturated rings. The number of nitrogens with one attached hydrogen (secondary N) is 3. The minimum absolute atomic E-state index is 0.0207. The van der Waals surface area contributed by atoms with Gasteiger partial charge in [0.25, 0.3) is 0 Å². The largest absolute Gasteiger partial charge is 0.466 e. The number of carbonyl (C=O) groups is 6. The Morgan fingerprint density at radius 1 is 0.681 bits per heavy atom. The van der Waals surface area contributed by atoms with E-state index in [0.29, 0.717) is 50.4 Å². The summed E-state index contributed by atoms with van der Waals surface area (Å²) < 4.78 is 34.1. The molecule has 0 heterocycles. The molecule has 4 rings (SSSR count). The van der Waals surface area contributed by atoms with Crippen molar-refractivity contribution in [2.45, 2.75) is 156 Å². The van der Waals surface area contributed by atoms with Crippen molar-refractivity contribution in [3.8, 4) is 17.2 Å². The molecule has 0 aromatic heterocycles. The quantitative estimate of drug-likeness (QED) is 0.0199. The van der Waals surface area contributed by atoms with Crippen LogP contribution in [0.1, 0.15) is 161 Å². The summed E-state index contributed by atoms with van der Waals surface area (Å²) in [5.74, 6) is -1.37. The minimum Gasteiger partial charge on any atom is -0.466 e. The third kappa shape index (κ3) is 20.4. The lowest BCUT2D eigenvalue weighted by Crippen LogP contribution is -2.35. The van der Waals surface area contributed by atoms with Crippen molar-refractivity contribution < 1.29 is 57.2 Å². The number of nitrogens with two attached hydrogens (primary N) is 3. The topological polar surface area (TPSA) is 272 Å². The molecular formula is C54H86N6O12. The molecule has 0 bridgehead atoms. The monoisotopic (exact) mass is 1010 g/mol. The van der Waals surface area contributed by atoms with Crippen LogP contribution < -0.4 is 47.4 Å². The molecule has 3 amide bonds. The molecular weight excluding hydrogens is 925 g/mol. The van der Waals surface area contributed by atoms with Gasteiger partial charge in [0.15, 0.2) is 0 Å². The van der Waals surface area contributed by atoms with Crippen molar-refractivity contribution in [2.24, 2.45) is 45.8 Å². The maximum Gasteiger partial charge on any atom is 0.412 e. The van der Waals surface area contributed by atoms with Crippen molar-refractivity contribution in [1.29, 1.82) is 0 Å². The van der Waals surface area contributed by atoms with Crippen LogP contribution in [0.25, 0.3) is 0 Å². The predicted molar refractivity (Wildman–Crippen MR) is 274 cm³/mol. The Hall–Kier alpha value is -5.20. The second kappa shape index (κ2) is 30.7. The molecule has 3 aliphatic carbocycles. The van der Waals surface area contributed by atoms with Gasteiger partial charge in [-0.05, 0) is 126 Å². The molecule has 0 radical (unpaired) electrons. The van der Waals surface area contributed by atoms with Gasteiger partial charge in [-0.15, -0.1) is 0 Å². The Labute approximate surface area is 427 Å². The fourth-order valence-electron chi connectivity index (χ4n) is 10.2. The van der Waals surface area contributed by atoms with Crippen molar-refractivity contribution in [1.82, 2.24) is 16.0 Å². The number of carbonyl (C=O) groups excluding carboxylic acids is 6. The van der Waals surface area contributed by atoms with E-state index in [9.17, 15) is 28.8 Å². The summed E-state index contributed by atoms with van der Waals surface area (Å²) in [7, 11) is 0. The minimum atomic E-state index is -0.857. The fraction of sp³-hybridized carbons (Fsp3) is 0.704. The molecule has 404 valence electrons. The first kappa shape index (κ1) is 59.4. The molecule has 0 unspecified atom stereocenters. The van der Waals surface area contributed by atoms with Gasteiger partial charge < -0.3 is 61.6 Å². The van der Waals surface area contributed by atoms with Crippen LogP contribution in [0.15, 0.2) is 35.9 Å². The highest BCUT2D eigenvalue weighted by atomic mass is 16.6. The average molecular weight is 1010 g/mol. The Morgan fingerprint density at radius 3 is 1.54 bits per heavy atom. The van der Waals surface area contributed by atoms with Crippen LogP contribution in [-0.2, 0) is 28.6 Å². The summed E-state index contributed by atoms with van der Waals surface area (Å²) in [6.07, 6.45) is 13.5. The molecule has 0 saturated heterocycles. The summed E-state index contributed by atoms with van der Waals surface area (Å²) in [5, 5.41) is 8.07. The zero-order valence-corrected chi connectivity index (χ0v) is 43.7. The van der Waals surface area contributed by atoms with Gasteiger partial charge in [0.2, 0.25) is 0 Å². The van der Waals surface area contributed by atoms with E-state index in [-0.39, 0.29) is 117 Å². The van der Waals surface area contributed by atoms with Crippen molar-refractivity contribution in [3.63, 3.8) is 0 Å². The van der Waals surface area contributed by atoms with Gasteiger partial charge in [0.05, 0.1) is 32.7 Å². The molecule has 1 aromatic rings. The highest BCUT2D eigenvalue weighted by molar-refractivity contribution is 5.77. The number of esters is 3. The number of rotatable bonds is 28. The number of benzene rings is 1. The maximum atomic E-state index is 13.6. The zero-order chi connectivity index (χ0) is 52.5. The number of amides is 3. The van der Waals surface area contributed by atoms with Crippen molar-refractivity contribution in [2.75, 3.05) is 59.1 Å². The van der Waals surface area contributed by atoms with E-state index in [2.05, 4.69) is 36.4 Å². The third-order valence-corrected chi connectivity index (χ3v) is 14.3. The Balaban J connectivity index is 1.48. The highest BCUT2D eigenvalue weighted by Gasteiger charge is 2.36. The van der Waals surface area contributed by atoms with E-state index in [1.807, 2.05) is 19.9 Å².